The first kappa shape index (κ1) is 19.4. The normalized spacial score (nSPS) is 12.7. The molecule has 2 atom stereocenters. The number of carbonyl (C=O) groups excluding carboxylic acids is 2. The van der Waals surface area contributed by atoms with E-state index in [1.165, 1.54) is 0 Å². The highest BCUT2D eigenvalue weighted by molar-refractivity contribution is 5.99. The van der Waals surface area contributed by atoms with Crippen LogP contribution in [0.2, 0.25) is 0 Å². The van der Waals surface area contributed by atoms with Gasteiger partial charge in [0.1, 0.15) is 0 Å². The molecule has 2 rings (SSSR count). The molecule has 0 saturated carbocycles. The number of ketones is 1. The summed E-state index contributed by atoms with van der Waals surface area (Å²) in [7, 11) is 0. The standard InChI is InChI=1S/C21H22N2O3/c1-14-11-16(9-10-19(14)22-3)12-18(15(2)24)21(26)23-13-20(25)17-7-5-4-6-8-17/h4-11,15,18,24H,12-13H2,1-2H3,(H,23,26)/t15-,18+/m0/s1. The summed E-state index contributed by atoms with van der Waals surface area (Å²) in [6.07, 6.45) is -0.523. The zero-order valence-corrected chi connectivity index (χ0v) is 14.9. The van der Waals surface area contributed by atoms with Gasteiger partial charge in [0.05, 0.1) is 25.1 Å². The zero-order valence-electron chi connectivity index (χ0n) is 14.9. The molecule has 0 saturated heterocycles. The molecule has 2 aromatic carbocycles. The molecule has 0 radical (unpaired) electrons. The molecular formula is C21H22N2O3. The summed E-state index contributed by atoms with van der Waals surface area (Å²) in [5.74, 6) is -1.21. The van der Waals surface area contributed by atoms with E-state index in [-0.39, 0.29) is 18.2 Å². The predicted molar refractivity (Wildman–Crippen MR) is 100 cm³/mol. The average Bonchev–Trinajstić information content (AvgIpc) is 2.64. The number of aliphatic hydroxyl groups excluding tert-OH is 1. The van der Waals surface area contributed by atoms with E-state index < -0.39 is 12.0 Å². The molecule has 26 heavy (non-hydrogen) atoms. The van der Waals surface area contributed by atoms with Gasteiger partial charge in [0, 0.05) is 5.56 Å². The molecule has 0 aromatic heterocycles. The van der Waals surface area contributed by atoms with Gasteiger partial charge < -0.3 is 10.4 Å². The molecular weight excluding hydrogens is 328 g/mol. The lowest BCUT2D eigenvalue weighted by atomic mass is 9.93. The van der Waals surface area contributed by atoms with E-state index >= 15 is 0 Å². The summed E-state index contributed by atoms with van der Waals surface area (Å²) in [5, 5.41) is 12.6. The second-order valence-electron chi connectivity index (χ2n) is 6.29. The van der Waals surface area contributed by atoms with E-state index in [1.54, 1.807) is 43.3 Å². The number of amides is 1. The molecule has 2 N–H and O–H groups in total. The van der Waals surface area contributed by atoms with Gasteiger partial charge >= 0.3 is 0 Å². The van der Waals surface area contributed by atoms with Gasteiger partial charge in [0.15, 0.2) is 11.5 Å². The van der Waals surface area contributed by atoms with Crippen LogP contribution >= 0.6 is 0 Å². The molecule has 0 spiro atoms. The Morgan fingerprint density at radius 2 is 1.88 bits per heavy atom. The number of aryl methyl sites for hydroxylation is 1. The summed E-state index contributed by atoms with van der Waals surface area (Å²) >= 11 is 0. The molecule has 5 heteroatoms. The molecule has 1 amide bonds. The Labute approximate surface area is 153 Å². The lowest BCUT2D eigenvalue weighted by Gasteiger charge is -2.20. The topological polar surface area (TPSA) is 70.8 Å². The van der Waals surface area contributed by atoms with Crippen LogP contribution in [0.5, 0.6) is 0 Å². The van der Waals surface area contributed by atoms with Crippen LogP contribution in [0.15, 0.2) is 48.5 Å². The van der Waals surface area contributed by atoms with E-state index in [0.29, 0.717) is 17.7 Å². The van der Waals surface area contributed by atoms with Crippen molar-refractivity contribution in [2.45, 2.75) is 26.4 Å². The number of benzene rings is 2. The lowest BCUT2D eigenvalue weighted by Crippen LogP contribution is -2.40. The number of nitrogens with one attached hydrogen (secondary N) is 1. The molecule has 0 fully saturated rings. The van der Waals surface area contributed by atoms with Gasteiger partial charge in [0.25, 0.3) is 0 Å². The fourth-order valence-electron chi connectivity index (χ4n) is 2.73. The van der Waals surface area contributed by atoms with Crippen molar-refractivity contribution in [2.75, 3.05) is 6.54 Å². The van der Waals surface area contributed by atoms with Crippen molar-refractivity contribution in [1.82, 2.24) is 5.32 Å². The van der Waals surface area contributed by atoms with E-state index in [9.17, 15) is 14.7 Å². The maximum Gasteiger partial charge on any atom is 0.226 e. The summed E-state index contributed by atoms with van der Waals surface area (Å²) < 4.78 is 0. The van der Waals surface area contributed by atoms with Crippen molar-refractivity contribution in [1.29, 1.82) is 0 Å². The van der Waals surface area contributed by atoms with Gasteiger partial charge in [0.2, 0.25) is 5.91 Å². The Morgan fingerprint density at radius 1 is 1.19 bits per heavy atom. The van der Waals surface area contributed by atoms with E-state index in [1.807, 2.05) is 19.1 Å². The maximum absolute atomic E-state index is 12.5. The van der Waals surface area contributed by atoms with Crippen molar-refractivity contribution < 1.29 is 14.7 Å². The Balaban J connectivity index is 2.02. The molecule has 0 heterocycles. The van der Waals surface area contributed by atoms with Crippen LogP contribution in [0.4, 0.5) is 5.69 Å². The predicted octanol–water partition coefficient (Wildman–Crippen LogP) is 3.08. The molecule has 0 aliphatic rings. The summed E-state index contributed by atoms with van der Waals surface area (Å²) in [6, 6.07) is 14.1. The van der Waals surface area contributed by atoms with Crippen molar-refractivity contribution >= 4 is 17.4 Å². The van der Waals surface area contributed by atoms with Gasteiger partial charge in [-0.15, -0.1) is 0 Å². The molecule has 0 aliphatic carbocycles. The van der Waals surface area contributed by atoms with Gasteiger partial charge in [-0.25, -0.2) is 4.85 Å². The first-order valence-corrected chi connectivity index (χ1v) is 8.43. The van der Waals surface area contributed by atoms with Crippen molar-refractivity contribution in [2.24, 2.45) is 5.92 Å². The van der Waals surface area contributed by atoms with E-state index in [2.05, 4.69) is 10.2 Å². The minimum absolute atomic E-state index is 0.109. The monoisotopic (exact) mass is 350 g/mol. The lowest BCUT2D eigenvalue weighted by molar-refractivity contribution is -0.127. The summed E-state index contributed by atoms with van der Waals surface area (Å²) in [6.45, 7) is 10.4. The minimum Gasteiger partial charge on any atom is -0.393 e. The van der Waals surface area contributed by atoms with Crippen LogP contribution in [0.3, 0.4) is 0 Å². The van der Waals surface area contributed by atoms with Crippen molar-refractivity contribution in [3.05, 3.63) is 76.6 Å². The first-order chi connectivity index (χ1) is 12.4. The first-order valence-electron chi connectivity index (χ1n) is 8.43. The number of hydrogen-bond acceptors (Lipinski definition) is 3. The Bertz CT molecular complexity index is 823. The third-order valence-corrected chi connectivity index (χ3v) is 4.28. The number of rotatable bonds is 7. The summed E-state index contributed by atoms with van der Waals surface area (Å²) in [5.41, 5.74) is 2.80. The smallest absolute Gasteiger partial charge is 0.226 e. The highest BCUT2D eigenvalue weighted by atomic mass is 16.3. The van der Waals surface area contributed by atoms with Gasteiger partial charge in [-0.05, 0) is 31.4 Å². The highest BCUT2D eigenvalue weighted by Crippen LogP contribution is 2.22. The van der Waals surface area contributed by atoms with E-state index in [4.69, 9.17) is 6.57 Å². The Kier molecular flexibility index (Phi) is 6.65. The maximum atomic E-state index is 12.5. The third kappa shape index (κ3) is 5.01. The van der Waals surface area contributed by atoms with Gasteiger partial charge in [-0.3, -0.25) is 9.59 Å². The van der Waals surface area contributed by atoms with Crippen LogP contribution in [-0.2, 0) is 11.2 Å². The van der Waals surface area contributed by atoms with Gasteiger partial charge in [-0.2, -0.15) is 0 Å². The molecule has 2 aromatic rings. The van der Waals surface area contributed by atoms with Crippen LogP contribution in [-0.4, -0.2) is 29.4 Å². The largest absolute Gasteiger partial charge is 0.393 e. The zero-order chi connectivity index (χ0) is 19.1. The number of Topliss-reactive ketones (excluding diaryl/α,β-unsaturated/α-hetero) is 1. The second-order valence-corrected chi connectivity index (χ2v) is 6.29. The van der Waals surface area contributed by atoms with E-state index in [0.717, 1.165) is 11.1 Å². The molecule has 0 unspecified atom stereocenters. The van der Waals surface area contributed by atoms with Crippen molar-refractivity contribution in [3.63, 3.8) is 0 Å². The Hall–Kier alpha value is -2.97. The average molecular weight is 350 g/mol. The third-order valence-electron chi connectivity index (χ3n) is 4.28. The van der Waals surface area contributed by atoms with Crippen LogP contribution in [0.1, 0.15) is 28.4 Å². The number of aliphatic hydroxyl groups is 1. The van der Waals surface area contributed by atoms with Crippen LogP contribution < -0.4 is 5.32 Å². The molecule has 0 aliphatic heterocycles. The highest BCUT2D eigenvalue weighted by Gasteiger charge is 2.24. The van der Waals surface area contributed by atoms with Gasteiger partial charge in [-0.1, -0.05) is 48.5 Å². The fourth-order valence-corrected chi connectivity index (χ4v) is 2.73. The summed E-state index contributed by atoms with van der Waals surface area (Å²) in [4.78, 5) is 28.0. The number of nitrogens with zero attached hydrogens (tertiary/aromatic N) is 1. The number of carbonyl (C=O) groups is 2. The van der Waals surface area contributed by atoms with Crippen LogP contribution in [0.25, 0.3) is 4.85 Å². The fraction of sp³-hybridized carbons (Fsp3) is 0.286. The molecule has 5 nitrogen and oxygen atoms in total. The van der Waals surface area contributed by atoms with Crippen molar-refractivity contribution in [3.8, 4) is 0 Å². The molecule has 0 bridgehead atoms. The van der Waals surface area contributed by atoms with Crippen LogP contribution in [0, 0.1) is 19.4 Å². The Morgan fingerprint density at radius 3 is 2.46 bits per heavy atom. The molecule has 134 valence electrons. The quantitative estimate of drug-likeness (QED) is 0.595. The SMILES string of the molecule is [C-]#[N+]c1ccc(C[C@@H](C(=O)NCC(=O)c2ccccc2)[C@H](C)O)cc1C. The number of hydrogen-bond donors (Lipinski definition) is 2. The minimum atomic E-state index is -0.859. The second kappa shape index (κ2) is 8.93.